The third-order valence-electron chi connectivity index (χ3n) is 3.68. The van der Waals surface area contributed by atoms with Crippen LogP contribution in [0.1, 0.15) is 5.82 Å². The van der Waals surface area contributed by atoms with E-state index in [9.17, 15) is 0 Å². The van der Waals surface area contributed by atoms with Crippen molar-refractivity contribution in [3.05, 3.63) is 109 Å². The first-order chi connectivity index (χ1) is 12.3. The molecule has 1 aromatic heterocycles. The zero-order valence-corrected chi connectivity index (χ0v) is 15.1. The minimum absolute atomic E-state index is 0.446. The molecule has 25 heavy (non-hydrogen) atoms. The highest BCUT2D eigenvalue weighted by Gasteiger charge is 2.14. The van der Waals surface area contributed by atoms with Gasteiger partial charge in [-0.1, -0.05) is 91.0 Å². The minimum Gasteiger partial charge on any atom is -0.349 e. The van der Waals surface area contributed by atoms with Crippen molar-refractivity contribution in [1.29, 1.82) is 0 Å². The molecule has 0 bridgehead atoms. The molecule has 2 nitrogen and oxygen atoms in total. The van der Waals surface area contributed by atoms with Gasteiger partial charge in [-0.25, -0.2) is 4.98 Å². The van der Waals surface area contributed by atoms with E-state index in [4.69, 9.17) is 0 Å². The quantitative estimate of drug-likeness (QED) is 0.556. The number of nitrogens with zero attached hydrogens (tertiary/aromatic N) is 1. The van der Waals surface area contributed by atoms with Crippen LogP contribution in [0.15, 0.2) is 103 Å². The van der Waals surface area contributed by atoms with Crippen molar-refractivity contribution in [2.24, 2.45) is 0 Å². The van der Waals surface area contributed by atoms with Crippen molar-refractivity contribution in [2.45, 2.75) is 6.92 Å². The SMILES string of the molecule is Cc1ncc[nH]1.c1ccc(P(c2ccccc2)c2ccccc2)cc1. The smallest absolute Gasteiger partial charge is 0.102 e. The molecule has 0 radical (unpaired) electrons. The van der Waals surface area contributed by atoms with E-state index in [1.165, 1.54) is 15.9 Å². The monoisotopic (exact) mass is 344 g/mol. The predicted molar refractivity (Wildman–Crippen MR) is 108 cm³/mol. The molecule has 0 atom stereocenters. The Morgan fingerprint density at radius 1 is 0.640 bits per heavy atom. The first kappa shape index (κ1) is 17.1. The number of imidazole rings is 1. The largest absolute Gasteiger partial charge is 0.349 e. The standard InChI is InChI=1S/C18H15P.C4H6N2/c1-4-10-16(11-5-1)19(17-12-6-2-7-13-17)18-14-8-3-9-15-18;1-4-5-2-3-6-4/h1-15H;2-3H,1H3,(H,5,6). The van der Waals surface area contributed by atoms with Crippen LogP contribution in [0.5, 0.6) is 0 Å². The second-order valence-corrected chi connectivity index (χ2v) is 7.74. The Bertz CT molecular complexity index is 751. The third kappa shape index (κ3) is 4.89. The molecule has 0 aliphatic heterocycles. The first-order valence-electron chi connectivity index (χ1n) is 8.26. The average molecular weight is 344 g/mol. The van der Waals surface area contributed by atoms with E-state index in [0.29, 0.717) is 0 Å². The Hall–Kier alpha value is -2.70. The molecule has 0 spiro atoms. The summed E-state index contributed by atoms with van der Waals surface area (Å²) in [6.45, 7) is 1.92. The summed E-state index contributed by atoms with van der Waals surface area (Å²) in [5, 5.41) is 4.19. The second-order valence-electron chi connectivity index (χ2n) is 5.52. The lowest BCUT2D eigenvalue weighted by molar-refractivity contribution is 1.15. The summed E-state index contributed by atoms with van der Waals surface area (Å²) in [6.07, 6.45) is 3.53. The Morgan fingerprint density at radius 2 is 1.04 bits per heavy atom. The van der Waals surface area contributed by atoms with Crippen LogP contribution >= 0.6 is 7.92 Å². The van der Waals surface area contributed by atoms with Gasteiger partial charge in [0.1, 0.15) is 5.82 Å². The lowest BCUT2D eigenvalue weighted by atomic mass is 10.4. The van der Waals surface area contributed by atoms with Crippen molar-refractivity contribution in [3.8, 4) is 0 Å². The lowest BCUT2D eigenvalue weighted by Gasteiger charge is -2.18. The number of aromatic nitrogens is 2. The van der Waals surface area contributed by atoms with E-state index in [-0.39, 0.29) is 0 Å². The maximum absolute atomic E-state index is 3.86. The Kier molecular flexibility index (Phi) is 6.14. The fourth-order valence-electron chi connectivity index (χ4n) is 2.52. The molecule has 4 rings (SSSR count). The van der Waals surface area contributed by atoms with Gasteiger partial charge in [0, 0.05) is 12.4 Å². The summed E-state index contributed by atoms with van der Waals surface area (Å²) in [5.41, 5.74) is 0. The van der Waals surface area contributed by atoms with E-state index in [1.807, 2.05) is 6.92 Å². The van der Waals surface area contributed by atoms with Gasteiger partial charge >= 0.3 is 0 Å². The minimum atomic E-state index is -0.446. The van der Waals surface area contributed by atoms with Crippen molar-refractivity contribution in [3.63, 3.8) is 0 Å². The van der Waals surface area contributed by atoms with Gasteiger partial charge in [0.25, 0.3) is 0 Å². The second kappa shape index (κ2) is 8.96. The van der Waals surface area contributed by atoms with Crippen molar-refractivity contribution >= 4 is 23.8 Å². The van der Waals surface area contributed by atoms with E-state index in [0.717, 1.165) is 5.82 Å². The van der Waals surface area contributed by atoms with Gasteiger partial charge in [0.05, 0.1) is 0 Å². The van der Waals surface area contributed by atoms with Gasteiger partial charge in [-0.3, -0.25) is 0 Å². The molecule has 1 N–H and O–H groups in total. The number of H-pyrrole nitrogens is 1. The molecule has 0 fully saturated rings. The fourth-order valence-corrected chi connectivity index (χ4v) is 4.83. The van der Waals surface area contributed by atoms with E-state index in [2.05, 4.69) is 101 Å². The Balaban J connectivity index is 0.000000258. The van der Waals surface area contributed by atoms with Crippen LogP contribution in [0.25, 0.3) is 0 Å². The molecule has 0 saturated carbocycles. The highest BCUT2D eigenvalue weighted by Crippen LogP contribution is 2.32. The lowest BCUT2D eigenvalue weighted by Crippen LogP contribution is -2.20. The summed E-state index contributed by atoms with van der Waals surface area (Å²) >= 11 is 0. The highest BCUT2D eigenvalue weighted by atomic mass is 31.1. The summed E-state index contributed by atoms with van der Waals surface area (Å²) in [6, 6.07) is 32.3. The van der Waals surface area contributed by atoms with Gasteiger partial charge in [-0.05, 0) is 30.8 Å². The molecule has 0 unspecified atom stereocenters. The molecular formula is C22H21N2P. The fraction of sp³-hybridized carbons (Fsp3) is 0.0455. The molecule has 4 aromatic rings. The van der Waals surface area contributed by atoms with Gasteiger partial charge in [-0.2, -0.15) is 0 Å². The maximum Gasteiger partial charge on any atom is 0.102 e. The van der Waals surface area contributed by atoms with Crippen molar-refractivity contribution < 1.29 is 0 Å². The molecule has 0 aliphatic rings. The first-order valence-corrected chi connectivity index (χ1v) is 9.60. The molecule has 3 aromatic carbocycles. The summed E-state index contributed by atoms with van der Waals surface area (Å²) in [7, 11) is -0.446. The van der Waals surface area contributed by atoms with Crippen LogP contribution in [-0.2, 0) is 0 Å². The van der Waals surface area contributed by atoms with Crippen LogP contribution in [0.4, 0.5) is 0 Å². The summed E-state index contributed by atoms with van der Waals surface area (Å²) < 4.78 is 0. The number of benzene rings is 3. The number of nitrogens with one attached hydrogen (secondary N) is 1. The normalized spacial score (nSPS) is 10.2. The Morgan fingerprint density at radius 3 is 1.28 bits per heavy atom. The molecule has 3 heteroatoms. The molecule has 0 aliphatic carbocycles. The van der Waals surface area contributed by atoms with Crippen LogP contribution in [0, 0.1) is 6.92 Å². The highest BCUT2D eigenvalue weighted by molar-refractivity contribution is 7.79. The average Bonchev–Trinajstić information content (AvgIpc) is 3.16. The number of rotatable bonds is 3. The molecule has 0 amide bonds. The topological polar surface area (TPSA) is 28.7 Å². The molecular weight excluding hydrogens is 323 g/mol. The van der Waals surface area contributed by atoms with Crippen molar-refractivity contribution in [2.75, 3.05) is 0 Å². The Labute approximate surface area is 150 Å². The zero-order chi connectivity index (χ0) is 17.3. The summed E-state index contributed by atoms with van der Waals surface area (Å²) in [4.78, 5) is 6.75. The van der Waals surface area contributed by atoms with Crippen molar-refractivity contribution in [1.82, 2.24) is 9.97 Å². The molecule has 124 valence electrons. The zero-order valence-electron chi connectivity index (χ0n) is 14.2. The van der Waals surface area contributed by atoms with Gasteiger partial charge in [-0.15, -0.1) is 0 Å². The maximum atomic E-state index is 3.86. The van der Waals surface area contributed by atoms with Gasteiger partial charge < -0.3 is 4.98 Å². The van der Waals surface area contributed by atoms with E-state index in [1.54, 1.807) is 12.4 Å². The third-order valence-corrected chi connectivity index (χ3v) is 6.12. The molecule has 1 heterocycles. The van der Waals surface area contributed by atoms with Crippen LogP contribution in [0.3, 0.4) is 0 Å². The van der Waals surface area contributed by atoms with Crippen LogP contribution in [-0.4, -0.2) is 9.97 Å². The van der Waals surface area contributed by atoms with Gasteiger partial charge in [0.2, 0.25) is 0 Å². The number of hydrogen-bond donors (Lipinski definition) is 1. The predicted octanol–water partition coefficient (Wildman–Crippen LogP) is 4.16. The number of aromatic amines is 1. The number of hydrogen-bond acceptors (Lipinski definition) is 1. The van der Waals surface area contributed by atoms with E-state index >= 15 is 0 Å². The van der Waals surface area contributed by atoms with Crippen LogP contribution in [0.2, 0.25) is 0 Å². The molecule has 0 saturated heterocycles. The summed E-state index contributed by atoms with van der Waals surface area (Å²) in [5.74, 6) is 0.968. The van der Waals surface area contributed by atoms with Gasteiger partial charge in [0.15, 0.2) is 0 Å². The van der Waals surface area contributed by atoms with E-state index < -0.39 is 7.92 Å². The number of aryl methyl sites for hydroxylation is 1. The van der Waals surface area contributed by atoms with Crippen LogP contribution < -0.4 is 15.9 Å².